The zero-order valence-corrected chi connectivity index (χ0v) is 12.3. The minimum absolute atomic E-state index is 0.196. The monoisotopic (exact) mass is 285 g/mol. The van der Waals surface area contributed by atoms with Crippen molar-refractivity contribution in [1.82, 2.24) is 0 Å². The topological polar surface area (TPSA) is 67.2 Å². The van der Waals surface area contributed by atoms with Gasteiger partial charge < -0.3 is 4.74 Å². The van der Waals surface area contributed by atoms with E-state index in [0.717, 1.165) is 5.56 Å². The fraction of sp³-hybridized carbons (Fsp3) is 0.353. The van der Waals surface area contributed by atoms with E-state index in [2.05, 4.69) is 0 Å². The molecule has 0 heterocycles. The maximum atomic E-state index is 12.1. The Balaban J connectivity index is 2.97. The van der Waals surface area contributed by atoms with Gasteiger partial charge in [0, 0.05) is 0 Å². The van der Waals surface area contributed by atoms with Crippen molar-refractivity contribution in [3.63, 3.8) is 0 Å². The number of allylic oxidation sites excluding steroid dienone is 1. The summed E-state index contributed by atoms with van der Waals surface area (Å²) in [6, 6.07) is 11.6. The van der Waals surface area contributed by atoms with Crippen LogP contribution in [0.25, 0.3) is 0 Å². The number of benzene rings is 1. The molecule has 0 saturated heterocycles. The lowest BCUT2D eigenvalue weighted by molar-refractivity contribution is -0.149. The maximum absolute atomic E-state index is 12.1. The number of carbonyl (C=O) groups excluding carboxylic acids is 2. The van der Waals surface area contributed by atoms with E-state index in [1.165, 1.54) is 19.1 Å². The second kappa shape index (κ2) is 8.01. The van der Waals surface area contributed by atoms with Crippen molar-refractivity contribution in [3.8, 4) is 6.07 Å². The van der Waals surface area contributed by atoms with E-state index < -0.39 is 11.4 Å². The van der Waals surface area contributed by atoms with Gasteiger partial charge in [0.05, 0.1) is 12.7 Å². The molecule has 4 heteroatoms. The molecule has 0 aromatic heterocycles. The Hall–Kier alpha value is -2.41. The Morgan fingerprint density at radius 2 is 2.00 bits per heavy atom. The Labute approximate surface area is 125 Å². The van der Waals surface area contributed by atoms with Crippen LogP contribution in [0, 0.1) is 16.7 Å². The van der Waals surface area contributed by atoms with E-state index in [1.54, 1.807) is 6.92 Å². The van der Waals surface area contributed by atoms with Crippen molar-refractivity contribution in [2.24, 2.45) is 5.41 Å². The first-order valence-electron chi connectivity index (χ1n) is 6.86. The number of nitrogens with zero attached hydrogens (tertiary/aromatic N) is 1. The molecule has 0 aliphatic heterocycles. The number of esters is 1. The van der Waals surface area contributed by atoms with Gasteiger partial charge in [0.1, 0.15) is 0 Å². The molecule has 1 atom stereocenters. The third-order valence-electron chi connectivity index (χ3n) is 3.09. The van der Waals surface area contributed by atoms with E-state index in [4.69, 9.17) is 4.74 Å². The number of ketones is 1. The Bertz CT molecular complexity index is 557. The number of rotatable bonds is 7. The number of nitriles is 1. The molecular formula is C17H19NO3. The molecule has 0 aliphatic carbocycles. The van der Waals surface area contributed by atoms with Gasteiger partial charge in [0.15, 0.2) is 11.2 Å². The maximum Gasteiger partial charge on any atom is 0.330 e. The molecule has 1 aromatic rings. The third kappa shape index (κ3) is 4.88. The highest BCUT2D eigenvalue weighted by Gasteiger charge is 2.37. The highest BCUT2D eigenvalue weighted by atomic mass is 16.5. The lowest BCUT2D eigenvalue weighted by Crippen LogP contribution is -2.30. The first kappa shape index (κ1) is 16.6. The van der Waals surface area contributed by atoms with Crippen molar-refractivity contribution < 1.29 is 14.3 Å². The van der Waals surface area contributed by atoms with Gasteiger partial charge in [-0.05, 0) is 44.4 Å². The fourth-order valence-corrected chi connectivity index (χ4v) is 1.90. The zero-order chi connectivity index (χ0) is 15.7. The summed E-state index contributed by atoms with van der Waals surface area (Å²) in [5, 5.41) is 9.45. The molecule has 0 amide bonds. The minimum Gasteiger partial charge on any atom is -0.465 e. The van der Waals surface area contributed by atoms with E-state index in [9.17, 15) is 14.9 Å². The standard InChI is InChI=1S/C17H19NO3/c1-3-21-16(20)17(13-18,11-9-14(2)19)12-10-15-7-5-4-6-8-15/h4-9,11H,3,10,12H2,1-2H3/b11-9+. The molecule has 21 heavy (non-hydrogen) atoms. The average molecular weight is 285 g/mol. The van der Waals surface area contributed by atoms with Crippen LogP contribution in [0.4, 0.5) is 0 Å². The molecule has 4 nitrogen and oxygen atoms in total. The first-order valence-corrected chi connectivity index (χ1v) is 6.86. The zero-order valence-electron chi connectivity index (χ0n) is 12.3. The largest absolute Gasteiger partial charge is 0.465 e. The summed E-state index contributed by atoms with van der Waals surface area (Å²) in [5.74, 6) is -0.820. The summed E-state index contributed by atoms with van der Waals surface area (Å²) in [6.07, 6.45) is 3.44. The molecule has 110 valence electrons. The summed E-state index contributed by atoms with van der Waals surface area (Å²) in [7, 11) is 0. The number of hydrogen-bond acceptors (Lipinski definition) is 4. The van der Waals surface area contributed by atoms with Crippen LogP contribution < -0.4 is 0 Å². The second-order valence-electron chi connectivity index (χ2n) is 4.73. The van der Waals surface area contributed by atoms with E-state index >= 15 is 0 Å². The number of ether oxygens (including phenoxy) is 1. The molecule has 0 aliphatic rings. The third-order valence-corrected chi connectivity index (χ3v) is 3.09. The smallest absolute Gasteiger partial charge is 0.330 e. The van der Waals surface area contributed by atoms with Crippen molar-refractivity contribution in [1.29, 1.82) is 5.26 Å². The van der Waals surface area contributed by atoms with Crippen LogP contribution >= 0.6 is 0 Å². The molecule has 0 N–H and O–H groups in total. The number of hydrogen-bond donors (Lipinski definition) is 0. The number of aryl methyl sites for hydroxylation is 1. The van der Waals surface area contributed by atoms with Crippen molar-refractivity contribution in [2.75, 3.05) is 6.61 Å². The van der Waals surface area contributed by atoms with Crippen molar-refractivity contribution >= 4 is 11.8 Å². The molecular weight excluding hydrogens is 266 g/mol. The van der Waals surface area contributed by atoms with Gasteiger partial charge in [0.25, 0.3) is 0 Å². The Morgan fingerprint density at radius 1 is 1.33 bits per heavy atom. The van der Waals surface area contributed by atoms with E-state index in [-0.39, 0.29) is 18.8 Å². The highest BCUT2D eigenvalue weighted by Crippen LogP contribution is 2.27. The fourth-order valence-electron chi connectivity index (χ4n) is 1.90. The highest BCUT2D eigenvalue weighted by molar-refractivity contribution is 5.90. The number of carbonyl (C=O) groups is 2. The van der Waals surface area contributed by atoms with E-state index in [1.807, 2.05) is 36.4 Å². The summed E-state index contributed by atoms with van der Waals surface area (Å²) < 4.78 is 5.00. The van der Waals surface area contributed by atoms with Gasteiger partial charge >= 0.3 is 5.97 Å². The predicted octanol–water partition coefficient (Wildman–Crippen LogP) is 2.84. The summed E-state index contributed by atoms with van der Waals surface area (Å²) >= 11 is 0. The van der Waals surface area contributed by atoms with Gasteiger partial charge in [-0.1, -0.05) is 30.3 Å². The first-order chi connectivity index (χ1) is 10.0. The quantitative estimate of drug-likeness (QED) is 0.570. The average Bonchev–Trinajstić information content (AvgIpc) is 2.49. The van der Waals surface area contributed by atoms with Crippen LogP contribution in [-0.4, -0.2) is 18.4 Å². The normalized spacial score (nSPS) is 13.4. The lowest BCUT2D eigenvalue weighted by atomic mass is 9.82. The van der Waals surface area contributed by atoms with Gasteiger partial charge in [0.2, 0.25) is 0 Å². The molecule has 0 radical (unpaired) electrons. The van der Waals surface area contributed by atoms with Crippen molar-refractivity contribution in [3.05, 3.63) is 48.0 Å². The molecule has 1 unspecified atom stereocenters. The molecule has 1 rings (SSSR count). The molecule has 0 spiro atoms. The Kier molecular flexibility index (Phi) is 6.35. The van der Waals surface area contributed by atoms with Crippen LogP contribution in [0.15, 0.2) is 42.5 Å². The minimum atomic E-state index is -1.42. The molecule has 0 fully saturated rings. The van der Waals surface area contributed by atoms with Gasteiger partial charge in [-0.2, -0.15) is 5.26 Å². The second-order valence-corrected chi connectivity index (χ2v) is 4.73. The summed E-state index contributed by atoms with van der Waals surface area (Å²) in [6.45, 7) is 3.26. The Morgan fingerprint density at radius 3 is 2.52 bits per heavy atom. The van der Waals surface area contributed by atoms with Crippen LogP contribution in [-0.2, 0) is 20.7 Å². The summed E-state index contributed by atoms with van der Waals surface area (Å²) in [4.78, 5) is 23.2. The van der Waals surface area contributed by atoms with Crippen LogP contribution in [0.5, 0.6) is 0 Å². The van der Waals surface area contributed by atoms with Crippen molar-refractivity contribution in [2.45, 2.75) is 26.7 Å². The van der Waals surface area contributed by atoms with E-state index in [0.29, 0.717) is 6.42 Å². The molecule has 1 aromatic carbocycles. The summed E-state index contributed by atoms with van der Waals surface area (Å²) in [5.41, 5.74) is -0.394. The van der Waals surface area contributed by atoms with Crippen LogP contribution in [0.2, 0.25) is 0 Å². The molecule has 0 bridgehead atoms. The van der Waals surface area contributed by atoms with Crippen LogP contribution in [0.3, 0.4) is 0 Å². The predicted molar refractivity (Wildman–Crippen MR) is 79.3 cm³/mol. The lowest BCUT2D eigenvalue weighted by Gasteiger charge is -2.20. The van der Waals surface area contributed by atoms with Gasteiger partial charge in [-0.25, -0.2) is 4.79 Å². The van der Waals surface area contributed by atoms with Crippen LogP contribution in [0.1, 0.15) is 25.8 Å². The van der Waals surface area contributed by atoms with Gasteiger partial charge in [-0.3, -0.25) is 4.79 Å². The SMILES string of the molecule is CCOC(=O)C(C#N)(/C=C/C(C)=O)CCc1ccccc1. The van der Waals surface area contributed by atoms with Gasteiger partial charge in [-0.15, -0.1) is 0 Å². The molecule has 0 saturated carbocycles.